The minimum Gasteiger partial charge on any atom is -0.361 e. The third kappa shape index (κ3) is 1.40. The van der Waals surface area contributed by atoms with E-state index in [1.54, 1.807) is 11.5 Å². The molecule has 0 unspecified atom stereocenters. The van der Waals surface area contributed by atoms with E-state index in [0.29, 0.717) is 0 Å². The summed E-state index contributed by atoms with van der Waals surface area (Å²) in [5.41, 5.74) is 1.29. The molecule has 0 bridgehead atoms. The first-order chi connectivity index (χ1) is 6.18. The van der Waals surface area contributed by atoms with E-state index in [2.05, 4.69) is 34.4 Å². The molecule has 2 rings (SSSR count). The molecule has 0 aliphatic heterocycles. The van der Waals surface area contributed by atoms with Gasteiger partial charge >= 0.3 is 0 Å². The van der Waals surface area contributed by atoms with Crippen LogP contribution in [0.5, 0.6) is 0 Å². The molecule has 1 aromatic heterocycles. The number of rotatable bonds is 1. The zero-order valence-corrected chi connectivity index (χ0v) is 8.85. The van der Waals surface area contributed by atoms with E-state index in [9.17, 15) is 0 Å². The number of hydrogen-bond acceptors (Lipinski definition) is 3. The molecule has 0 N–H and O–H groups in total. The van der Waals surface area contributed by atoms with Crippen LogP contribution >= 0.6 is 11.5 Å². The van der Waals surface area contributed by atoms with Gasteiger partial charge in [-0.05, 0) is 30.6 Å². The maximum atomic E-state index is 4.40. The van der Waals surface area contributed by atoms with Crippen molar-refractivity contribution in [2.24, 2.45) is 0 Å². The Morgan fingerprint density at radius 2 is 2.08 bits per heavy atom. The van der Waals surface area contributed by atoms with Crippen LogP contribution in [0.1, 0.15) is 5.56 Å². The van der Waals surface area contributed by atoms with Gasteiger partial charge in [0.1, 0.15) is 5.82 Å². The van der Waals surface area contributed by atoms with E-state index >= 15 is 0 Å². The van der Waals surface area contributed by atoms with Crippen molar-refractivity contribution in [3.8, 4) is 0 Å². The first kappa shape index (κ1) is 8.51. The average molecular weight is 192 g/mol. The topological polar surface area (TPSA) is 16.1 Å². The highest BCUT2D eigenvalue weighted by Gasteiger charge is 2.06. The SMILES string of the molecule is Cc1ccc2snc(N(C)C)c2c1. The molecule has 13 heavy (non-hydrogen) atoms. The van der Waals surface area contributed by atoms with Crippen molar-refractivity contribution in [3.05, 3.63) is 23.8 Å². The third-order valence-corrected chi connectivity index (χ3v) is 2.85. The zero-order valence-electron chi connectivity index (χ0n) is 8.03. The van der Waals surface area contributed by atoms with Gasteiger partial charge in [-0.15, -0.1) is 0 Å². The van der Waals surface area contributed by atoms with E-state index in [-0.39, 0.29) is 0 Å². The number of fused-ring (bicyclic) bond motifs is 1. The first-order valence-corrected chi connectivity index (χ1v) is 4.99. The zero-order chi connectivity index (χ0) is 9.42. The van der Waals surface area contributed by atoms with Crippen LogP contribution in [0.3, 0.4) is 0 Å². The molecule has 0 saturated carbocycles. The second kappa shape index (κ2) is 3.00. The van der Waals surface area contributed by atoms with Crippen molar-refractivity contribution in [1.29, 1.82) is 0 Å². The predicted octanol–water partition coefficient (Wildman–Crippen LogP) is 2.67. The molecule has 0 saturated heterocycles. The van der Waals surface area contributed by atoms with Crippen molar-refractivity contribution < 1.29 is 0 Å². The fourth-order valence-electron chi connectivity index (χ4n) is 1.36. The van der Waals surface area contributed by atoms with Crippen LogP contribution in [-0.4, -0.2) is 18.5 Å². The minimum atomic E-state index is 1.07. The molecule has 0 aliphatic rings. The van der Waals surface area contributed by atoms with E-state index in [1.165, 1.54) is 15.6 Å². The van der Waals surface area contributed by atoms with Crippen LogP contribution in [0.2, 0.25) is 0 Å². The summed E-state index contributed by atoms with van der Waals surface area (Å²) in [6.07, 6.45) is 0. The number of aromatic nitrogens is 1. The Balaban J connectivity index is 2.71. The number of aryl methyl sites for hydroxylation is 1. The van der Waals surface area contributed by atoms with Gasteiger partial charge in [0.2, 0.25) is 0 Å². The Hall–Kier alpha value is -1.09. The standard InChI is InChI=1S/C10H12N2S/c1-7-4-5-9-8(6-7)10(11-13-9)12(2)3/h4-6H,1-3H3. The molecule has 3 heteroatoms. The summed E-state index contributed by atoms with van der Waals surface area (Å²) < 4.78 is 5.66. The second-order valence-corrected chi connectivity index (χ2v) is 4.21. The number of benzene rings is 1. The van der Waals surface area contributed by atoms with Gasteiger partial charge in [-0.3, -0.25) is 0 Å². The van der Waals surface area contributed by atoms with E-state index < -0.39 is 0 Å². The summed E-state index contributed by atoms with van der Waals surface area (Å²) in [7, 11) is 4.05. The fourth-order valence-corrected chi connectivity index (χ4v) is 2.19. The van der Waals surface area contributed by atoms with Gasteiger partial charge in [-0.1, -0.05) is 11.6 Å². The number of anilines is 1. The van der Waals surface area contributed by atoms with Gasteiger partial charge in [0.05, 0.1) is 4.70 Å². The highest BCUT2D eigenvalue weighted by molar-refractivity contribution is 7.13. The average Bonchev–Trinajstić information content (AvgIpc) is 2.46. The number of nitrogens with zero attached hydrogens (tertiary/aromatic N) is 2. The van der Waals surface area contributed by atoms with Gasteiger partial charge in [0, 0.05) is 19.5 Å². The van der Waals surface area contributed by atoms with Crippen molar-refractivity contribution in [1.82, 2.24) is 4.37 Å². The van der Waals surface area contributed by atoms with Crippen LogP contribution in [0.4, 0.5) is 5.82 Å². The van der Waals surface area contributed by atoms with Crippen molar-refractivity contribution >= 4 is 27.4 Å². The molecular weight excluding hydrogens is 180 g/mol. The lowest BCUT2D eigenvalue weighted by Crippen LogP contribution is -2.08. The van der Waals surface area contributed by atoms with Crippen LogP contribution in [0, 0.1) is 6.92 Å². The minimum absolute atomic E-state index is 1.07. The molecule has 0 aliphatic carbocycles. The lowest BCUT2D eigenvalue weighted by molar-refractivity contribution is 1.11. The van der Waals surface area contributed by atoms with Crippen LogP contribution in [0.25, 0.3) is 10.1 Å². The Kier molecular flexibility index (Phi) is 1.96. The molecule has 0 amide bonds. The quantitative estimate of drug-likeness (QED) is 0.690. The van der Waals surface area contributed by atoms with Crippen LogP contribution in [0.15, 0.2) is 18.2 Å². The maximum absolute atomic E-state index is 4.40. The van der Waals surface area contributed by atoms with Gasteiger partial charge in [-0.25, -0.2) is 0 Å². The van der Waals surface area contributed by atoms with Gasteiger partial charge < -0.3 is 4.90 Å². The molecule has 0 spiro atoms. The monoisotopic (exact) mass is 192 g/mol. The Labute approximate surface area is 82.0 Å². The highest BCUT2D eigenvalue weighted by atomic mass is 32.1. The van der Waals surface area contributed by atoms with Crippen molar-refractivity contribution in [3.63, 3.8) is 0 Å². The normalized spacial score (nSPS) is 10.7. The van der Waals surface area contributed by atoms with Crippen molar-refractivity contribution in [2.45, 2.75) is 6.92 Å². The third-order valence-electron chi connectivity index (χ3n) is 2.03. The lowest BCUT2D eigenvalue weighted by atomic mass is 10.2. The summed E-state index contributed by atoms with van der Waals surface area (Å²) in [4.78, 5) is 2.05. The molecular formula is C10H12N2S. The Bertz CT molecular complexity index is 431. The predicted molar refractivity (Wildman–Crippen MR) is 58.7 cm³/mol. The summed E-state index contributed by atoms with van der Waals surface area (Å²) in [5.74, 6) is 1.07. The summed E-state index contributed by atoms with van der Waals surface area (Å²) in [5, 5.41) is 1.26. The summed E-state index contributed by atoms with van der Waals surface area (Å²) >= 11 is 1.56. The summed E-state index contributed by atoms with van der Waals surface area (Å²) in [6.45, 7) is 2.11. The van der Waals surface area contributed by atoms with E-state index in [4.69, 9.17) is 0 Å². The number of hydrogen-bond donors (Lipinski definition) is 0. The summed E-state index contributed by atoms with van der Waals surface area (Å²) in [6, 6.07) is 6.45. The second-order valence-electron chi connectivity index (χ2n) is 3.40. The molecule has 2 aromatic rings. The molecule has 2 nitrogen and oxygen atoms in total. The molecule has 1 heterocycles. The van der Waals surface area contributed by atoms with E-state index in [0.717, 1.165) is 5.82 Å². The van der Waals surface area contributed by atoms with Gasteiger partial charge in [0.15, 0.2) is 0 Å². The molecule has 0 radical (unpaired) electrons. The van der Waals surface area contributed by atoms with Crippen LogP contribution < -0.4 is 4.90 Å². The Morgan fingerprint density at radius 1 is 1.31 bits per heavy atom. The van der Waals surface area contributed by atoms with Crippen LogP contribution in [-0.2, 0) is 0 Å². The molecule has 68 valence electrons. The van der Waals surface area contributed by atoms with E-state index in [1.807, 2.05) is 14.1 Å². The van der Waals surface area contributed by atoms with Crippen molar-refractivity contribution in [2.75, 3.05) is 19.0 Å². The fraction of sp³-hybridized carbons (Fsp3) is 0.300. The molecule has 0 atom stereocenters. The molecule has 1 aromatic carbocycles. The highest BCUT2D eigenvalue weighted by Crippen LogP contribution is 2.28. The largest absolute Gasteiger partial charge is 0.361 e. The lowest BCUT2D eigenvalue weighted by Gasteiger charge is -2.08. The van der Waals surface area contributed by atoms with Gasteiger partial charge in [0.25, 0.3) is 0 Å². The molecule has 0 fully saturated rings. The first-order valence-electron chi connectivity index (χ1n) is 4.22. The smallest absolute Gasteiger partial charge is 0.149 e. The van der Waals surface area contributed by atoms with Gasteiger partial charge in [-0.2, -0.15) is 4.37 Å². The maximum Gasteiger partial charge on any atom is 0.149 e. The Morgan fingerprint density at radius 3 is 2.77 bits per heavy atom.